The Morgan fingerprint density at radius 3 is 2.54 bits per heavy atom. The summed E-state index contributed by atoms with van der Waals surface area (Å²) in [6, 6.07) is 7.91. The SMILES string of the molecule is Cc1ccc(C(=O)C2CCN(Cc3nc(C4CC4)no3)CC2)cc1. The quantitative estimate of drug-likeness (QED) is 0.789. The van der Waals surface area contributed by atoms with E-state index in [0.29, 0.717) is 18.4 Å². The van der Waals surface area contributed by atoms with Crippen molar-refractivity contribution in [1.29, 1.82) is 0 Å². The second-order valence-electron chi connectivity index (χ2n) is 7.10. The Morgan fingerprint density at radius 1 is 1.17 bits per heavy atom. The topological polar surface area (TPSA) is 59.2 Å². The number of hydrogen-bond acceptors (Lipinski definition) is 5. The lowest BCUT2D eigenvalue weighted by molar-refractivity contribution is 0.0825. The van der Waals surface area contributed by atoms with Crippen molar-refractivity contribution in [2.45, 2.75) is 45.1 Å². The lowest BCUT2D eigenvalue weighted by Gasteiger charge is -2.30. The number of carbonyl (C=O) groups excluding carboxylic acids is 1. The number of hydrogen-bond donors (Lipinski definition) is 0. The van der Waals surface area contributed by atoms with Crippen LogP contribution in [0.4, 0.5) is 0 Å². The van der Waals surface area contributed by atoms with Crippen LogP contribution >= 0.6 is 0 Å². The summed E-state index contributed by atoms with van der Waals surface area (Å²) in [5, 5.41) is 4.07. The summed E-state index contributed by atoms with van der Waals surface area (Å²) in [5.74, 6) is 2.52. The summed E-state index contributed by atoms with van der Waals surface area (Å²) in [6.45, 7) is 4.55. The molecule has 1 aromatic carbocycles. The third-order valence-corrected chi connectivity index (χ3v) is 5.08. The Bertz CT molecular complexity index is 710. The van der Waals surface area contributed by atoms with Gasteiger partial charge in [0.2, 0.25) is 5.89 Å². The molecule has 1 saturated heterocycles. The van der Waals surface area contributed by atoms with Crippen LogP contribution in [-0.4, -0.2) is 33.9 Å². The molecule has 1 aromatic heterocycles. The number of aryl methyl sites for hydroxylation is 1. The molecule has 0 N–H and O–H groups in total. The van der Waals surface area contributed by atoms with E-state index in [-0.39, 0.29) is 11.7 Å². The van der Waals surface area contributed by atoms with Gasteiger partial charge in [-0.05, 0) is 45.7 Å². The maximum atomic E-state index is 12.6. The minimum absolute atomic E-state index is 0.133. The fourth-order valence-electron chi connectivity index (χ4n) is 3.34. The van der Waals surface area contributed by atoms with Gasteiger partial charge in [-0.15, -0.1) is 0 Å². The van der Waals surface area contributed by atoms with E-state index in [1.807, 2.05) is 31.2 Å². The van der Waals surface area contributed by atoms with Crippen molar-refractivity contribution in [2.24, 2.45) is 5.92 Å². The molecule has 2 fully saturated rings. The van der Waals surface area contributed by atoms with Gasteiger partial charge in [0.25, 0.3) is 0 Å². The Kier molecular flexibility index (Phi) is 4.19. The van der Waals surface area contributed by atoms with E-state index in [1.165, 1.54) is 18.4 Å². The first-order valence-electron chi connectivity index (χ1n) is 8.85. The molecule has 2 aliphatic rings. The van der Waals surface area contributed by atoms with Crippen molar-refractivity contribution < 1.29 is 9.32 Å². The number of likely N-dealkylation sites (tertiary alicyclic amines) is 1. The van der Waals surface area contributed by atoms with Gasteiger partial charge in [0.15, 0.2) is 11.6 Å². The lowest BCUT2D eigenvalue weighted by Crippen LogP contribution is -2.36. The first-order chi connectivity index (χ1) is 11.7. The van der Waals surface area contributed by atoms with Crippen molar-refractivity contribution in [2.75, 3.05) is 13.1 Å². The van der Waals surface area contributed by atoms with Crippen LogP contribution in [0.5, 0.6) is 0 Å². The molecule has 126 valence electrons. The van der Waals surface area contributed by atoms with Gasteiger partial charge < -0.3 is 4.52 Å². The van der Waals surface area contributed by atoms with Gasteiger partial charge in [-0.25, -0.2) is 0 Å². The summed E-state index contributed by atoms with van der Waals surface area (Å²) in [5.41, 5.74) is 2.02. The first-order valence-corrected chi connectivity index (χ1v) is 8.85. The summed E-state index contributed by atoms with van der Waals surface area (Å²) in [4.78, 5) is 19.4. The number of aromatic nitrogens is 2. The summed E-state index contributed by atoms with van der Waals surface area (Å²) in [6.07, 6.45) is 4.17. The number of Topliss-reactive ketones (excluding diaryl/α,β-unsaturated/α-hetero) is 1. The first kappa shape index (κ1) is 15.5. The van der Waals surface area contributed by atoms with Gasteiger partial charge in [-0.2, -0.15) is 4.98 Å². The Morgan fingerprint density at radius 2 is 1.88 bits per heavy atom. The van der Waals surface area contributed by atoms with Crippen LogP contribution in [0.15, 0.2) is 28.8 Å². The van der Waals surface area contributed by atoms with E-state index >= 15 is 0 Å². The highest BCUT2D eigenvalue weighted by Crippen LogP contribution is 2.38. The van der Waals surface area contributed by atoms with E-state index in [2.05, 4.69) is 15.0 Å². The second kappa shape index (κ2) is 6.48. The van der Waals surface area contributed by atoms with Crippen LogP contribution in [0.3, 0.4) is 0 Å². The number of rotatable bonds is 5. The minimum Gasteiger partial charge on any atom is -0.338 e. The largest absolute Gasteiger partial charge is 0.338 e. The second-order valence-corrected chi connectivity index (χ2v) is 7.10. The highest BCUT2D eigenvalue weighted by atomic mass is 16.5. The fourth-order valence-corrected chi connectivity index (χ4v) is 3.34. The molecule has 0 amide bonds. The van der Waals surface area contributed by atoms with Crippen LogP contribution in [0.25, 0.3) is 0 Å². The average Bonchev–Trinajstić information content (AvgIpc) is 3.36. The van der Waals surface area contributed by atoms with Crippen molar-refractivity contribution in [3.63, 3.8) is 0 Å². The van der Waals surface area contributed by atoms with Gasteiger partial charge >= 0.3 is 0 Å². The Hall–Kier alpha value is -2.01. The van der Waals surface area contributed by atoms with Crippen molar-refractivity contribution in [1.82, 2.24) is 15.0 Å². The number of piperidine rings is 1. The van der Waals surface area contributed by atoms with Crippen LogP contribution < -0.4 is 0 Å². The maximum absolute atomic E-state index is 12.6. The lowest BCUT2D eigenvalue weighted by atomic mass is 9.88. The van der Waals surface area contributed by atoms with Gasteiger partial charge in [0.05, 0.1) is 6.54 Å². The predicted molar refractivity (Wildman–Crippen MR) is 89.8 cm³/mol. The molecule has 24 heavy (non-hydrogen) atoms. The molecular weight excluding hydrogens is 302 g/mol. The summed E-state index contributed by atoms with van der Waals surface area (Å²) < 4.78 is 5.35. The molecule has 0 atom stereocenters. The zero-order valence-electron chi connectivity index (χ0n) is 14.1. The molecule has 5 heteroatoms. The molecule has 4 rings (SSSR count). The monoisotopic (exact) mass is 325 g/mol. The van der Waals surface area contributed by atoms with Crippen molar-refractivity contribution >= 4 is 5.78 Å². The third-order valence-electron chi connectivity index (χ3n) is 5.08. The fraction of sp³-hybridized carbons (Fsp3) is 0.526. The predicted octanol–water partition coefficient (Wildman–Crippen LogP) is 3.35. The van der Waals surface area contributed by atoms with E-state index in [0.717, 1.165) is 37.3 Å². The molecule has 0 spiro atoms. The van der Waals surface area contributed by atoms with Gasteiger partial charge in [0.1, 0.15) is 0 Å². The minimum atomic E-state index is 0.133. The van der Waals surface area contributed by atoms with E-state index in [4.69, 9.17) is 4.52 Å². The molecule has 1 aliphatic carbocycles. The third kappa shape index (κ3) is 3.41. The number of carbonyl (C=O) groups is 1. The molecular formula is C19H23N3O2. The van der Waals surface area contributed by atoms with Crippen molar-refractivity contribution in [3.8, 4) is 0 Å². The molecule has 2 heterocycles. The van der Waals surface area contributed by atoms with Gasteiger partial charge in [-0.1, -0.05) is 35.0 Å². The van der Waals surface area contributed by atoms with E-state index in [9.17, 15) is 4.79 Å². The highest BCUT2D eigenvalue weighted by molar-refractivity contribution is 5.97. The molecule has 0 bridgehead atoms. The summed E-state index contributed by atoms with van der Waals surface area (Å²) in [7, 11) is 0. The average molecular weight is 325 g/mol. The van der Waals surface area contributed by atoms with Crippen LogP contribution in [-0.2, 0) is 6.54 Å². The number of benzene rings is 1. The standard InChI is InChI=1S/C19H23N3O2/c1-13-2-4-14(5-3-13)18(23)15-8-10-22(11-9-15)12-17-20-19(21-24-17)16-6-7-16/h2-5,15-16H,6-12H2,1H3. The molecule has 1 saturated carbocycles. The normalized spacial score (nSPS) is 19.5. The molecule has 5 nitrogen and oxygen atoms in total. The highest BCUT2D eigenvalue weighted by Gasteiger charge is 2.30. The smallest absolute Gasteiger partial charge is 0.240 e. The maximum Gasteiger partial charge on any atom is 0.240 e. The van der Waals surface area contributed by atoms with E-state index < -0.39 is 0 Å². The Labute approximate surface area is 142 Å². The van der Waals surface area contributed by atoms with E-state index in [1.54, 1.807) is 0 Å². The van der Waals surface area contributed by atoms with Crippen molar-refractivity contribution in [3.05, 3.63) is 47.1 Å². The molecule has 1 aliphatic heterocycles. The van der Waals surface area contributed by atoms with Crippen LogP contribution in [0.1, 0.15) is 59.2 Å². The van der Waals surface area contributed by atoms with Gasteiger partial charge in [-0.3, -0.25) is 9.69 Å². The number of ketones is 1. The molecule has 0 radical (unpaired) electrons. The van der Waals surface area contributed by atoms with Gasteiger partial charge in [0, 0.05) is 17.4 Å². The Balaban J connectivity index is 1.30. The zero-order valence-corrected chi connectivity index (χ0v) is 14.1. The number of nitrogens with zero attached hydrogens (tertiary/aromatic N) is 3. The zero-order chi connectivity index (χ0) is 16.5. The van der Waals surface area contributed by atoms with Crippen LogP contribution in [0.2, 0.25) is 0 Å². The summed E-state index contributed by atoms with van der Waals surface area (Å²) >= 11 is 0. The molecule has 2 aromatic rings. The van der Waals surface area contributed by atoms with Crippen LogP contribution in [0, 0.1) is 12.8 Å². The molecule has 0 unspecified atom stereocenters.